The molecule has 68 heavy (non-hydrogen) atoms. The Kier molecular flexibility index (Phi) is 9.54. The lowest BCUT2D eigenvalue weighted by molar-refractivity contribution is 1.10. The first-order valence-corrected chi connectivity index (χ1v) is 23.4. The molecule has 0 atom stereocenters. The van der Waals surface area contributed by atoms with Crippen molar-refractivity contribution in [3.05, 3.63) is 267 Å². The van der Waals surface area contributed by atoms with Gasteiger partial charge in [-0.2, -0.15) is 0 Å². The van der Waals surface area contributed by atoms with Gasteiger partial charge in [-0.25, -0.2) is 0 Å². The molecule has 0 radical (unpaired) electrons. The highest BCUT2D eigenvalue weighted by Crippen LogP contribution is 2.49. The standard InChI is InChI=1S/C66H44N2/c1-6-20-45(21-7-1)61-38-39-62(46-22-8-2-9-23-46)67(61)51-35-37-57-59(43-51)65(49-28-14-5-15-29-49)56-36-34-52(68-63(47-24-10-3-11-25-47)40-41-64(68)48-26-12-4-13-27-48)44-60(56)66(57)58-42-50-30-16-17-31-53(50)54-32-18-19-33-55(54)58/h1-44H. The van der Waals surface area contributed by atoms with E-state index in [2.05, 4.69) is 276 Å². The molecule has 0 bridgehead atoms. The van der Waals surface area contributed by atoms with Crippen molar-refractivity contribution in [2.24, 2.45) is 0 Å². The van der Waals surface area contributed by atoms with E-state index in [-0.39, 0.29) is 0 Å². The van der Waals surface area contributed by atoms with Crippen LogP contribution in [-0.4, -0.2) is 9.13 Å². The Morgan fingerprint density at radius 1 is 0.206 bits per heavy atom. The molecule has 13 aromatic rings. The summed E-state index contributed by atoms with van der Waals surface area (Å²) in [5.41, 5.74) is 16.3. The van der Waals surface area contributed by atoms with Crippen LogP contribution >= 0.6 is 0 Å². The second-order valence-electron chi connectivity index (χ2n) is 17.6. The Balaban J connectivity index is 1.18. The highest BCUT2D eigenvalue weighted by Gasteiger charge is 2.23. The predicted molar refractivity (Wildman–Crippen MR) is 288 cm³/mol. The minimum atomic E-state index is 1.11. The molecular formula is C66H44N2. The lowest BCUT2D eigenvalue weighted by Crippen LogP contribution is -2.02. The molecule has 0 unspecified atom stereocenters. The minimum absolute atomic E-state index is 1.11. The van der Waals surface area contributed by atoms with E-state index in [1.807, 2.05) is 0 Å². The Morgan fingerprint density at radius 3 is 1.01 bits per heavy atom. The normalized spacial score (nSPS) is 11.5. The number of aromatic nitrogens is 2. The molecular weight excluding hydrogens is 821 g/mol. The van der Waals surface area contributed by atoms with E-state index in [1.165, 1.54) is 87.6 Å². The van der Waals surface area contributed by atoms with E-state index >= 15 is 0 Å². The van der Waals surface area contributed by atoms with Crippen LogP contribution in [0.25, 0.3) is 122 Å². The molecule has 318 valence electrons. The Labute approximate surface area is 395 Å². The zero-order valence-corrected chi connectivity index (χ0v) is 37.3. The third-order valence-corrected chi connectivity index (χ3v) is 13.7. The minimum Gasteiger partial charge on any atom is -0.309 e. The summed E-state index contributed by atoms with van der Waals surface area (Å²) >= 11 is 0. The first-order valence-electron chi connectivity index (χ1n) is 23.4. The van der Waals surface area contributed by atoms with Gasteiger partial charge in [0.15, 0.2) is 0 Å². The average Bonchev–Trinajstić information content (AvgIpc) is 4.08. The molecule has 2 nitrogen and oxygen atoms in total. The van der Waals surface area contributed by atoms with Gasteiger partial charge in [0, 0.05) is 11.4 Å². The van der Waals surface area contributed by atoms with Gasteiger partial charge in [-0.15, -0.1) is 0 Å². The molecule has 2 heteroatoms. The second kappa shape index (κ2) is 16.5. The van der Waals surface area contributed by atoms with Crippen LogP contribution in [0.4, 0.5) is 0 Å². The predicted octanol–water partition coefficient (Wildman–Crippen LogP) is 17.9. The molecule has 2 heterocycles. The van der Waals surface area contributed by atoms with E-state index < -0.39 is 0 Å². The molecule has 0 saturated heterocycles. The van der Waals surface area contributed by atoms with Crippen LogP contribution < -0.4 is 0 Å². The molecule has 11 aromatic carbocycles. The molecule has 0 saturated carbocycles. The lowest BCUT2D eigenvalue weighted by atomic mass is 9.83. The second-order valence-corrected chi connectivity index (χ2v) is 17.6. The number of benzene rings is 11. The molecule has 0 aliphatic heterocycles. The van der Waals surface area contributed by atoms with Crippen molar-refractivity contribution < 1.29 is 0 Å². The molecule has 0 fully saturated rings. The fourth-order valence-corrected chi connectivity index (χ4v) is 10.7. The summed E-state index contributed by atoms with van der Waals surface area (Å²) in [7, 11) is 0. The maximum atomic E-state index is 2.46. The Hall–Kier alpha value is -8.98. The van der Waals surface area contributed by atoms with Gasteiger partial charge >= 0.3 is 0 Å². The number of rotatable bonds is 8. The summed E-state index contributed by atoms with van der Waals surface area (Å²) in [4.78, 5) is 0. The first kappa shape index (κ1) is 39.4. The third-order valence-electron chi connectivity index (χ3n) is 13.7. The van der Waals surface area contributed by atoms with E-state index in [0.29, 0.717) is 0 Å². The first-order chi connectivity index (χ1) is 33.8. The summed E-state index contributed by atoms with van der Waals surface area (Å²) in [5.74, 6) is 0. The third kappa shape index (κ3) is 6.57. The van der Waals surface area contributed by atoms with Gasteiger partial charge in [0.05, 0.1) is 22.8 Å². The average molecular weight is 865 g/mol. The van der Waals surface area contributed by atoms with Gasteiger partial charge in [-0.1, -0.05) is 212 Å². The summed E-state index contributed by atoms with van der Waals surface area (Å²) in [6.07, 6.45) is 0. The van der Waals surface area contributed by atoms with Gasteiger partial charge in [-0.05, 0) is 142 Å². The van der Waals surface area contributed by atoms with Crippen molar-refractivity contribution in [3.63, 3.8) is 0 Å². The van der Waals surface area contributed by atoms with Crippen molar-refractivity contribution in [1.82, 2.24) is 9.13 Å². The number of nitrogens with zero attached hydrogens (tertiary/aromatic N) is 2. The van der Waals surface area contributed by atoms with Crippen LogP contribution in [0.5, 0.6) is 0 Å². The van der Waals surface area contributed by atoms with Crippen molar-refractivity contribution in [1.29, 1.82) is 0 Å². The summed E-state index contributed by atoms with van der Waals surface area (Å²) in [6.45, 7) is 0. The van der Waals surface area contributed by atoms with Crippen LogP contribution in [0.15, 0.2) is 267 Å². The van der Waals surface area contributed by atoms with Gasteiger partial charge < -0.3 is 9.13 Å². The van der Waals surface area contributed by atoms with E-state index in [9.17, 15) is 0 Å². The van der Waals surface area contributed by atoms with Crippen LogP contribution in [0.3, 0.4) is 0 Å². The maximum Gasteiger partial charge on any atom is 0.0535 e. The van der Waals surface area contributed by atoms with Crippen LogP contribution in [-0.2, 0) is 0 Å². The molecule has 0 N–H and O–H groups in total. The highest BCUT2D eigenvalue weighted by molar-refractivity contribution is 6.26. The summed E-state index contributed by atoms with van der Waals surface area (Å²) in [6, 6.07) is 97.7. The highest BCUT2D eigenvalue weighted by atomic mass is 15.0. The van der Waals surface area contributed by atoms with Crippen LogP contribution in [0.2, 0.25) is 0 Å². The van der Waals surface area contributed by atoms with Crippen LogP contribution in [0.1, 0.15) is 0 Å². The van der Waals surface area contributed by atoms with Crippen LogP contribution in [0, 0.1) is 0 Å². The molecule has 0 spiro atoms. The number of hydrogen-bond donors (Lipinski definition) is 0. The zero-order chi connectivity index (χ0) is 45.0. The largest absolute Gasteiger partial charge is 0.309 e. The van der Waals surface area contributed by atoms with Crippen molar-refractivity contribution >= 4 is 43.1 Å². The Morgan fingerprint density at radius 2 is 0.559 bits per heavy atom. The zero-order valence-electron chi connectivity index (χ0n) is 37.3. The number of hydrogen-bond acceptors (Lipinski definition) is 0. The fourth-order valence-electron chi connectivity index (χ4n) is 10.7. The fraction of sp³-hybridized carbons (Fsp3) is 0. The van der Waals surface area contributed by atoms with E-state index in [1.54, 1.807) is 0 Å². The summed E-state index contributed by atoms with van der Waals surface area (Å²) in [5, 5.41) is 9.75. The van der Waals surface area contributed by atoms with Crippen molar-refractivity contribution in [2.75, 3.05) is 0 Å². The molecule has 0 aliphatic rings. The molecule has 2 aromatic heterocycles. The van der Waals surface area contributed by atoms with Gasteiger partial charge in [-0.3, -0.25) is 0 Å². The Bertz CT molecular complexity index is 3860. The van der Waals surface area contributed by atoms with Gasteiger partial charge in [0.2, 0.25) is 0 Å². The van der Waals surface area contributed by atoms with Gasteiger partial charge in [0.25, 0.3) is 0 Å². The maximum absolute atomic E-state index is 2.46. The van der Waals surface area contributed by atoms with Gasteiger partial charge in [0.1, 0.15) is 0 Å². The monoisotopic (exact) mass is 864 g/mol. The summed E-state index contributed by atoms with van der Waals surface area (Å²) < 4.78 is 4.89. The quantitative estimate of drug-likeness (QED) is 0.106. The lowest BCUT2D eigenvalue weighted by Gasteiger charge is -2.23. The number of fused-ring (bicyclic) bond motifs is 5. The molecule has 0 aliphatic carbocycles. The SMILES string of the molecule is c1ccc(-c2c3cc(-n4c(-c5ccccc5)ccc4-c4ccccc4)ccc3c(-c3cc4ccccc4c4ccccc34)c3cc(-n4c(-c5ccccc5)ccc4-c4ccccc4)ccc23)cc1. The van der Waals surface area contributed by atoms with E-state index in [4.69, 9.17) is 0 Å². The van der Waals surface area contributed by atoms with Crippen molar-refractivity contribution in [2.45, 2.75) is 0 Å². The smallest absolute Gasteiger partial charge is 0.0535 e. The topological polar surface area (TPSA) is 9.86 Å². The van der Waals surface area contributed by atoms with Crippen molar-refractivity contribution in [3.8, 4) is 78.7 Å². The van der Waals surface area contributed by atoms with E-state index in [0.717, 1.165) is 34.2 Å². The molecule has 0 amide bonds. The molecule has 13 rings (SSSR count).